The number of furan rings is 1. The highest BCUT2D eigenvalue weighted by molar-refractivity contribution is 7.89. The summed E-state index contributed by atoms with van der Waals surface area (Å²) < 4.78 is 27.1. The maximum absolute atomic E-state index is 12.1. The first kappa shape index (κ1) is 14.1. The maximum atomic E-state index is 12.1. The van der Waals surface area contributed by atoms with Gasteiger partial charge in [0, 0.05) is 12.7 Å². The van der Waals surface area contributed by atoms with Crippen molar-refractivity contribution in [3.8, 4) is 5.75 Å². The number of amides is 1. The summed E-state index contributed by atoms with van der Waals surface area (Å²) in [4.78, 5) is 13.4. The smallest absolute Gasteiger partial charge is 0.293 e. The quantitative estimate of drug-likeness (QED) is 0.873. The lowest BCUT2D eigenvalue weighted by Gasteiger charge is -2.15. The number of nitrogens with two attached hydrogens (primary N) is 1. The van der Waals surface area contributed by atoms with Crippen molar-refractivity contribution >= 4 is 21.6 Å². The topological polar surface area (TPSA) is 114 Å². The maximum Gasteiger partial charge on any atom is 0.293 e. The minimum Gasteiger partial charge on any atom is -0.508 e. The first-order valence-corrected chi connectivity index (χ1v) is 7.03. The van der Waals surface area contributed by atoms with E-state index in [0.29, 0.717) is 5.69 Å². The van der Waals surface area contributed by atoms with Gasteiger partial charge in [0.2, 0.25) is 5.09 Å². The van der Waals surface area contributed by atoms with Crippen LogP contribution in [0.3, 0.4) is 0 Å². The summed E-state index contributed by atoms with van der Waals surface area (Å²) in [6.07, 6.45) is 0. The lowest BCUT2D eigenvalue weighted by Crippen LogP contribution is -2.25. The van der Waals surface area contributed by atoms with Crippen LogP contribution in [0.1, 0.15) is 10.6 Å². The van der Waals surface area contributed by atoms with Gasteiger partial charge < -0.3 is 14.4 Å². The van der Waals surface area contributed by atoms with Gasteiger partial charge in [0.25, 0.3) is 15.9 Å². The molecule has 1 aromatic carbocycles. The van der Waals surface area contributed by atoms with E-state index in [1.165, 1.54) is 42.3 Å². The van der Waals surface area contributed by atoms with Gasteiger partial charge >= 0.3 is 0 Å². The number of benzene rings is 1. The van der Waals surface area contributed by atoms with Gasteiger partial charge in [-0.1, -0.05) is 0 Å². The van der Waals surface area contributed by atoms with E-state index >= 15 is 0 Å². The van der Waals surface area contributed by atoms with Gasteiger partial charge in [0.15, 0.2) is 5.76 Å². The second-order valence-corrected chi connectivity index (χ2v) is 5.54. The number of primary sulfonamides is 1. The summed E-state index contributed by atoms with van der Waals surface area (Å²) in [6, 6.07) is 8.29. The minimum absolute atomic E-state index is 0.0732. The van der Waals surface area contributed by atoms with Crippen LogP contribution in [-0.4, -0.2) is 26.5 Å². The molecule has 8 heteroatoms. The molecule has 3 N–H and O–H groups in total. The van der Waals surface area contributed by atoms with Gasteiger partial charge in [-0.2, -0.15) is 0 Å². The molecular formula is C12H12N2O5S. The third-order valence-corrected chi connectivity index (χ3v) is 3.39. The summed E-state index contributed by atoms with van der Waals surface area (Å²) in [5.41, 5.74) is 0.515. The number of anilines is 1. The highest BCUT2D eigenvalue weighted by atomic mass is 32.2. The molecule has 2 rings (SSSR count). The largest absolute Gasteiger partial charge is 0.508 e. The number of nitrogens with zero attached hydrogens (tertiary/aromatic N) is 1. The minimum atomic E-state index is -3.98. The van der Waals surface area contributed by atoms with Crippen LogP contribution in [0.4, 0.5) is 5.69 Å². The number of hydrogen-bond donors (Lipinski definition) is 2. The van der Waals surface area contributed by atoms with Crippen LogP contribution < -0.4 is 10.0 Å². The second-order valence-electron chi connectivity index (χ2n) is 4.04. The van der Waals surface area contributed by atoms with Crippen LogP contribution in [0.25, 0.3) is 0 Å². The Morgan fingerprint density at radius 1 is 1.20 bits per heavy atom. The van der Waals surface area contributed by atoms with E-state index in [1.807, 2.05) is 0 Å². The molecule has 0 atom stereocenters. The fourth-order valence-corrected chi connectivity index (χ4v) is 2.01. The molecule has 2 aromatic rings. The number of sulfonamides is 1. The molecule has 0 bridgehead atoms. The summed E-state index contributed by atoms with van der Waals surface area (Å²) in [5, 5.41) is 13.6. The molecule has 0 saturated carbocycles. The van der Waals surface area contributed by atoms with E-state index < -0.39 is 21.0 Å². The standard InChI is InChI=1S/C12H12N2O5S/c1-14(8-2-4-9(15)5-3-8)12(16)10-6-7-11(19-10)20(13,17)18/h2-7,15H,1H3,(H2,13,17,18). The third-order valence-electron chi connectivity index (χ3n) is 2.61. The molecule has 0 radical (unpaired) electrons. The monoisotopic (exact) mass is 296 g/mol. The van der Waals surface area contributed by atoms with Crippen LogP contribution in [0.5, 0.6) is 5.75 Å². The van der Waals surface area contributed by atoms with E-state index in [4.69, 9.17) is 9.56 Å². The predicted molar refractivity (Wildman–Crippen MR) is 70.9 cm³/mol. The Bertz CT molecular complexity index is 733. The molecule has 7 nitrogen and oxygen atoms in total. The van der Waals surface area contributed by atoms with Crippen molar-refractivity contribution in [1.29, 1.82) is 0 Å². The predicted octanol–water partition coefficient (Wildman–Crippen LogP) is 0.909. The number of carbonyl (C=O) groups is 1. The van der Waals surface area contributed by atoms with Gasteiger partial charge in [0.05, 0.1) is 0 Å². The average Bonchev–Trinajstić information content (AvgIpc) is 2.87. The molecule has 0 saturated heterocycles. The van der Waals surface area contributed by atoms with Gasteiger partial charge in [-0.15, -0.1) is 0 Å². The summed E-state index contributed by atoms with van der Waals surface area (Å²) >= 11 is 0. The van der Waals surface area contributed by atoms with Gasteiger partial charge in [-0.05, 0) is 36.4 Å². The van der Waals surface area contributed by atoms with Crippen molar-refractivity contribution in [3.63, 3.8) is 0 Å². The van der Waals surface area contributed by atoms with E-state index in [2.05, 4.69) is 0 Å². The zero-order chi connectivity index (χ0) is 14.9. The van der Waals surface area contributed by atoms with Crippen molar-refractivity contribution in [2.75, 3.05) is 11.9 Å². The van der Waals surface area contributed by atoms with Gasteiger partial charge in [-0.3, -0.25) is 4.79 Å². The molecule has 106 valence electrons. The van der Waals surface area contributed by atoms with Gasteiger partial charge in [-0.25, -0.2) is 13.6 Å². The zero-order valence-corrected chi connectivity index (χ0v) is 11.3. The van der Waals surface area contributed by atoms with Crippen molar-refractivity contribution in [2.24, 2.45) is 5.14 Å². The number of phenols is 1. The lowest BCUT2D eigenvalue weighted by molar-refractivity contribution is 0.0961. The molecule has 0 aliphatic rings. The number of aromatic hydroxyl groups is 1. The molecular weight excluding hydrogens is 284 g/mol. The molecule has 0 aliphatic heterocycles. The average molecular weight is 296 g/mol. The normalized spacial score (nSPS) is 11.3. The van der Waals surface area contributed by atoms with Crippen molar-refractivity contribution in [1.82, 2.24) is 0 Å². The lowest BCUT2D eigenvalue weighted by atomic mass is 10.2. The van der Waals surface area contributed by atoms with E-state index in [1.54, 1.807) is 0 Å². The Morgan fingerprint density at radius 3 is 2.30 bits per heavy atom. The van der Waals surface area contributed by atoms with Crippen molar-refractivity contribution in [2.45, 2.75) is 5.09 Å². The Kier molecular flexibility index (Phi) is 3.51. The summed E-state index contributed by atoms with van der Waals surface area (Å²) in [5.74, 6) is -0.612. The van der Waals surface area contributed by atoms with E-state index in [0.717, 1.165) is 6.07 Å². The highest BCUT2D eigenvalue weighted by Gasteiger charge is 2.20. The zero-order valence-electron chi connectivity index (χ0n) is 10.5. The Balaban J connectivity index is 2.27. The second kappa shape index (κ2) is 4.99. The van der Waals surface area contributed by atoms with Crippen LogP contribution in [0, 0.1) is 0 Å². The van der Waals surface area contributed by atoms with Crippen LogP contribution >= 0.6 is 0 Å². The number of hydrogen-bond acceptors (Lipinski definition) is 5. The van der Waals surface area contributed by atoms with Gasteiger partial charge in [0.1, 0.15) is 5.75 Å². The SMILES string of the molecule is CN(C(=O)c1ccc(S(N)(=O)=O)o1)c1ccc(O)cc1. The molecule has 1 heterocycles. The van der Waals surface area contributed by atoms with Crippen LogP contribution in [0.15, 0.2) is 45.9 Å². The highest BCUT2D eigenvalue weighted by Crippen LogP contribution is 2.20. The number of rotatable bonds is 3. The first-order chi connectivity index (χ1) is 9.29. The summed E-state index contributed by atoms with van der Waals surface area (Å²) in [7, 11) is -2.49. The van der Waals surface area contributed by atoms with Crippen LogP contribution in [-0.2, 0) is 10.0 Å². The molecule has 20 heavy (non-hydrogen) atoms. The third kappa shape index (κ3) is 2.81. The van der Waals surface area contributed by atoms with E-state index in [-0.39, 0.29) is 11.5 Å². The van der Waals surface area contributed by atoms with Crippen molar-refractivity contribution < 1.29 is 22.7 Å². The number of carbonyl (C=O) groups excluding carboxylic acids is 1. The molecule has 1 amide bonds. The van der Waals surface area contributed by atoms with E-state index in [9.17, 15) is 18.3 Å². The van der Waals surface area contributed by atoms with Crippen LogP contribution in [0.2, 0.25) is 0 Å². The number of phenolic OH excluding ortho intramolecular Hbond substituents is 1. The fraction of sp³-hybridized carbons (Fsp3) is 0.0833. The molecule has 1 aromatic heterocycles. The van der Waals surface area contributed by atoms with Crippen molar-refractivity contribution in [3.05, 3.63) is 42.2 Å². The Hall–Kier alpha value is -2.32. The molecule has 0 unspecified atom stereocenters. The Morgan fingerprint density at radius 2 is 1.80 bits per heavy atom. The fourth-order valence-electron chi connectivity index (χ4n) is 1.55. The Labute approximate surface area is 115 Å². The molecule has 0 spiro atoms. The summed E-state index contributed by atoms with van der Waals surface area (Å²) in [6.45, 7) is 0. The molecule has 0 aliphatic carbocycles. The molecule has 0 fully saturated rings. The first-order valence-electron chi connectivity index (χ1n) is 5.49.